The van der Waals surface area contributed by atoms with Gasteiger partial charge in [0.1, 0.15) is 5.82 Å². The molecule has 78 valence electrons. The van der Waals surface area contributed by atoms with Crippen LogP contribution < -0.4 is 5.56 Å². The number of hydrogen-bond donors (Lipinski definition) is 1. The highest BCUT2D eigenvalue weighted by Gasteiger charge is 2.06. The van der Waals surface area contributed by atoms with Gasteiger partial charge in [-0.05, 0) is 19.8 Å². The number of rotatable bonds is 4. The lowest BCUT2D eigenvalue weighted by Gasteiger charge is -2.04. The van der Waals surface area contributed by atoms with E-state index in [1.165, 1.54) is 0 Å². The van der Waals surface area contributed by atoms with Gasteiger partial charge in [-0.2, -0.15) is 0 Å². The van der Waals surface area contributed by atoms with E-state index < -0.39 is 0 Å². The molecule has 0 aliphatic carbocycles. The summed E-state index contributed by atoms with van der Waals surface area (Å²) in [5.41, 5.74) is 1.78. The average Bonchev–Trinajstić information content (AvgIpc) is 2.16. The number of aromatic nitrogens is 2. The summed E-state index contributed by atoms with van der Waals surface area (Å²) in [5, 5.41) is 0. The van der Waals surface area contributed by atoms with Crippen molar-refractivity contribution in [1.29, 1.82) is 0 Å². The van der Waals surface area contributed by atoms with Gasteiger partial charge in [0.2, 0.25) is 0 Å². The zero-order valence-electron chi connectivity index (χ0n) is 9.18. The first-order chi connectivity index (χ1) is 6.69. The lowest BCUT2D eigenvalue weighted by atomic mass is 10.1. The van der Waals surface area contributed by atoms with Gasteiger partial charge in [-0.3, -0.25) is 4.79 Å². The van der Waals surface area contributed by atoms with Gasteiger partial charge in [0, 0.05) is 17.7 Å². The third-order valence-electron chi connectivity index (χ3n) is 2.39. The molecule has 0 unspecified atom stereocenters. The molecule has 14 heavy (non-hydrogen) atoms. The van der Waals surface area contributed by atoms with Crippen molar-refractivity contribution in [3.63, 3.8) is 0 Å². The number of unbranched alkanes of at least 4 members (excludes halogenated alkanes) is 1. The molecule has 0 fully saturated rings. The number of nitrogens with zero attached hydrogens (tertiary/aromatic N) is 1. The zero-order chi connectivity index (χ0) is 10.6. The minimum atomic E-state index is 0.0443. The molecular weight excluding hydrogens is 176 g/mol. The van der Waals surface area contributed by atoms with E-state index >= 15 is 0 Å². The highest BCUT2D eigenvalue weighted by Crippen LogP contribution is 2.04. The predicted octanol–water partition coefficient (Wildman–Crippen LogP) is 1.98. The standard InChI is InChI=1S/C11H18N2O/c1-4-6-7-9-8(3)12-10(5-2)13-11(9)14/h4-7H2,1-3H3,(H,12,13,14). The molecule has 0 radical (unpaired) electrons. The summed E-state index contributed by atoms with van der Waals surface area (Å²) in [4.78, 5) is 18.8. The van der Waals surface area contributed by atoms with Gasteiger partial charge in [-0.25, -0.2) is 4.98 Å². The van der Waals surface area contributed by atoms with Gasteiger partial charge in [0.05, 0.1) is 0 Å². The van der Waals surface area contributed by atoms with Crippen molar-refractivity contribution in [2.75, 3.05) is 0 Å². The van der Waals surface area contributed by atoms with Crippen LogP contribution in [-0.2, 0) is 12.8 Å². The Bertz CT molecular complexity index is 355. The van der Waals surface area contributed by atoms with Crippen molar-refractivity contribution >= 4 is 0 Å². The molecule has 1 N–H and O–H groups in total. The number of aromatic amines is 1. The summed E-state index contributed by atoms with van der Waals surface area (Å²) in [6.45, 7) is 6.03. The SMILES string of the molecule is CCCCc1c(C)nc(CC)[nH]c1=O. The first kappa shape index (κ1) is 11.0. The van der Waals surface area contributed by atoms with Crippen molar-refractivity contribution in [1.82, 2.24) is 9.97 Å². The van der Waals surface area contributed by atoms with E-state index in [0.717, 1.165) is 42.8 Å². The molecule has 0 aliphatic rings. The molecule has 1 rings (SSSR count). The van der Waals surface area contributed by atoms with E-state index in [-0.39, 0.29) is 5.56 Å². The maximum absolute atomic E-state index is 11.6. The molecule has 0 atom stereocenters. The fourth-order valence-electron chi connectivity index (χ4n) is 1.48. The maximum Gasteiger partial charge on any atom is 0.254 e. The van der Waals surface area contributed by atoms with Crippen LogP contribution in [0.4, 0.5) is 0 Å². The fourth-order valence-corrected chi connectivity index (χ4v) is 1.48. The molecular formula is C11H18N2O. The minimum absolute atomic E-state index is 0.0443. The van der Waals surface area contributed by atoms with E-state index in [4.69, 9.17) is 0 Å². The molecule has 0 saturated carbocycles. The third kappa shape index (κ3) is 2.44. The van der Waals surface area contributed by atoms with Crippen LogP contribution in [0.5, 0.6) is 0 Å². The largest absolute Gasteiger partial charge is 0.310 e. The summed E-state index contributed by atoms with van der Waals surface area (Å²) in [6, 6.07) is 0. The molecule has 0 bridgehead atoms. The first-order valence-electron chi connectivity index (χ1n) is 5.27. The lowest BCUT2D eigenvalue weighted by Crippen LogP contribution is -2.18. The molecule has 3 heteroatoms. The molecule has 0 amide bonds. The zero-order valence-corrected chi connectivity index (χ0v) is 9.18. The van der Waals surface area contributed by atoms with Gasteiger partial charge < -0.3 is 4.98 Å². The normalized spacial score (nSPS) is 10.5. The maximum atomic E-state index is 11.6. The Morgan fingerprint density at radius 1 is 1.36 bits per heavy atom. The number of nitrogens with one attached hydrogen (secondary N) is 1. The second-order valence-electron chi connectivity index (χ2n) is 3.53. The Hall–Kier alpha value is -1.12. The number of hydrogen-bond acceptors (Lipinski definition) is 2. The molecule has 0 spiro atoms. The van der Waals surface area contributed by atoms with Crippen LogP contribution in [0.1, 0.15) is 43.8 Å². The van der Waals surface area contributed by atoms with Crippen molar-refractivity contribution in [3.05, 3.63) is 27.4 Å². The van der Waals surface area contributed by atoms with Crippen LogP contribution in [0.2, 0.25) is 0 Å². The number of aryl methyl sites for hydroxylation is 2. The Morgan fingerprint density at radius 2 is 2.07 bits per heavy atom. The van der Waals surface area contributed by atoms with Crippen LogP contribution in [0.15, 0.2) is 4.79 Å². The third-order valence-corrected chi connectivity index (χ3v) is 2.39. The predicted molar refractivity (Wildman–Crippen MR) is 57.6 cm³/mol. The van der Waals surface area contributed by atoms with Crippen LogP contribution in [0.3, 0.4) is 0 Å². The van der Waals surface area contributed by atoms with Gasteiger partial charge in [-0.15, -0.1) is 0 Å². The first-order valence-corrected chi connectivity index (χ1v) is 5.27. The lowest BCUT2D eigenvalue weighted by molar-refractivity contribution is 0.763. The van der Waals surface area contributed by atoms with Crippen LogP contribution in [-0.4, -0.2) is 9.97 Å². The quantitative estimate of drug-likeness (QED) is 0.796. The Morgan fingerprint density at radius 3 is 2.57 bits per heavy atom. The fraction of sp³-hybridized carbons (Fsp3) is 0.636. The van der Waals surface area contributed by atoms with Crippen LogP contribution in [0, 0.1) is 6.92 Å². The minimum Gasteiger partial charge on any atom is -0.310 e. The molecule has 0 aliphatic heterocycles. The van der Waals surface area contributed by atoms with Gasteiger partial charge in [0.15, 0.2) is 0 Å². The summed E-state index contributed by atoms with van der Waals surface area (Å²) >= 11 is 0. The summed E-state index contributed by atoms with van der Waals surface area (Å²) in [5.74, 6) is 0.785. The Kier molecular flexibility index (Phi) is 3.86. The van der Waals surface area contributed by atoms with Gasteiger partial charge in [-0.1, -0.05) is 20.3 Å². The second-order valence-corrected chi connectivity index (χ2v) is 3.53. The Balaban J connectivity index is 3.00. The molecule has 0 aromatic carbocycles. The van der Waals surface area contributed by atoms with Crippen LogP contribution in [0.25, 0.3) is 0 Å². The van der Waals surface area contributed by atoms with E-state index in [1.807, 2.05) is 13.8 Å². The van der Waals surface area contributed by atoms with E-state index in [2.05, 4.69) is 16.9 Å². The van der Waals surface area contributed by atoms with E-state index in [9.17, 15) is 4.79 Å². The molecule has 1 heterocycles. The second kappa shape index (κ2) is 4.94. The number of H-pyrrole nitrogens is 1. The van der Waals surface area contributed by atoms with Crippen molar-refractivity contribution in [2.24, 2.45) is 0 Å². The van der Waals surface area contributed by atoms with Crippen molar-refractivity contribution < 1.29 is 0 Å². The Labute approximate surface area is 84.6 Å². The van der Waals surface area contributed by atoms with Crippen molar-refractivity contribution in [3.8, 4) is 0 Å². The highest BCUT2D eigenvalue weighted by molar-refractivity contribution is 5.16. The van der Waals surface area contributed by atoms with Crippen molar-refractivity contribution in [2.45, 2.75) is 46.5 Å². The topological polar surface area (TPSA) is 45.8 Å². The van der Waals surface area contributed by atoms with Gasteiger partial charge in [0.25, 0.3) is 5.56 Å². The van der Waals surface area contributed by atoms with E-state index in [0.29, 0.717) is 0 Å². The summed E-state index contributed by atoms with van der Waals surface area (Å²) in [6.07, 6.45) is 3.78. The summed E-state index contributed by atoms with van der Waals surface area (Å²) < 4.78 is 0. The van der Waals surface area contributed by atoms with E-state index in [1.54, 1.807) is 0 Å². The van der Waals surface area contributed by atoms with Gasteiger partial charge >= 0.3 is 0 Å². The smallest absolute Gasteiger partial charge is 0.254 e. The molecule has 0 saturated heterocycles. The summed E-state index contributed by atoms with van der Waals surface area (Å²) in [7, 11) is 0. The molecule has 1 aromatic heterocycles. The molecule has 3 nitrogen and oxygen atoms in total. The highest BCUT2D eigenvalue weighted by atomic mass is 16.1. The molecule has 1 aromatic rings. The average molecular weight is 194 g/mol. The monoisotopic (exact) mass is 194 g/mol. The van der Waals surface area contributed by atoms with Crippen LogP contribution >= 0.6 is 0 Å².